The molecule has 9 nitrogen and oxygen atoms in total. The molecule has 0 saturated heterocycles. The number of hydrogen-bond acceptors (Lipinski definition) is 6. The van der Waals surface area contributed by atoms with E-state index in [0.717, 1.165) is 5.41 Å². The van der Waals surface area contributed by atoms with E-state index in [1.54, 1.807) is 48.9 Å². The SMILES string of the molecule is Cc1nc(S(=O)(=O)NCCC(=O)NS(=O)(=O)C=Cc2ccccc2)cn1C. The van der Waals surface area contributed by atoms with Crippen molar-refractivity contribution < 1.29 is 21.6 Å². The topological polar surface area (TPSA) is 127 Å². The number of carbonyl (C=O) groups excluding carboxylic acids is 1. The fourth-order valence-corrected chi connectivity index (χ4v) is 3.90. The van der Waals surface area contributed by atoms with Crippen LogP contribution >= 0.6 is 0 Å². The van der Waals surface area contributed by atoms with Gasteiger partial charge in [0.1, 0.15) is 5.82 Å². The summed E-state index contributed by atoms with van der Waals surface area (Å²) in [7, 11) is -6.19. The minimum Gasteiger partial charge on any atom is -0.337 e. The van der Waals surface area contributed by atoms with Crippen molar-refractivity contribution in [1.82, 2.24) is 19.0 Å². The van der Waals surface area contributed by atoms with Crippen molar-refractivity contribution in [3.8, 4) is 0 Å². The van der Waals surface area contributed by atoms with E-state index >= 15 is 0 Å². The molecule has 2 N–H and O–H groups in total. The highest BCUT2D eigenvalue weighted by Crippen LogP contribution is 2.07. The number of carbonyl (C=O) groups is 1. The largest absolute Gasteiger partial charge is 0.337 e. The van der Waals surface area contributed by atoms with Gasteiger partial charge in [0, 0.05) is 26.2 Å². The van der Waals surface area contributed by atoms with Gasteiger partial charge in [-0.3, -0.25) is 4.79 Å². The lowest BCUT2D eigenvalue weighted by Crippen LogP contribution is -2.33. The van der Waals surface area contributed by atoms with Gasteiger partial charge in [0.25, 0.3) is 20.0 Å². The molecule has 1 heterocycles. The number of rotatable bonds is 8. The molecule has 2 aromatic rings. The second-order valence-electron chi connectivity index (χ2n) is 5.67. The maximum atomic E-state index is 12.1. The van der Waals surface area contributed by atoms with E-state index in [4.69, 9.17) is 0 Å². The average molecular weight is 412 g/mol. The molecule has 0 aliphatic carbocycles. The lowest BCUT2D eigenvalue weighted by Gasteiger charge is -2.05. The molecule has 146 valence electrons. The molecule has 0 bridgehead atoms. The standard InChI is InChI=1S/C16H20N4O5S2/c1-13-18-16(12-20(13)2)27(24,25)17-10-8-15(21)19-26(22,23)11-9-14-6-4-3-5-7-14/h3-7,9,11-12,17H,8,10H2,1-2H3,(H,19,21). The third kappa shape index (κ3) is 6.31. The molecule has 0 atom stereocenters. The van der Waals surface area contributed by atoms with Gasteiger partial charge in [0.2, 0.25) is 5.91 Å². The van der Waals surface area contributed by atoms with Crippen molar-refractivity contribution in [2.24, 2.45) is 7.05 Å². The quantitative estimate of drug-likeness (QED) is 0.650. The molecular weight excluding hydrogens is 392 g/mol. The summed E-state index contributed by atoms with van der Waals surface area (Å²) in [4.78, 5) is 15.7. The minimum absolute atomic E-state index is 0.165. The van der Waals surface area contributed by atoms with Gasteiger partial charge in [-0.15, -0.1) is 0 Å². The summed E-state index contributed by atoms with van der Waals surface area (Å²) in [6, 6.07) is 8.71. The predicted molar refractivity (Wildman–Crippen MR) is 100 cm³/mol. The van der Waals surface area contributed by atoms with E-state index in [1.807, 2.05) is 4.72 Å². The Hall–Kier alpha value is -2.50. The maximum Gasteiger partial charge on any atom is 0.259 e. The molecule has 11 heteroatoms. The fourth-order valence-electron chi connectivity index (χ4n) is 2.00. The summed E-state index contributed by atoms with van der Waals surface area (Å²) in [5, 5.41) is 0.711. The third-order valence-electron chi connectivity index (χ3n) is 3.50. The van der Waals surface area contributed by atoms with E-state index in [2.05, 4.69) is 9.71 Å². The van der Waals surface area contributed by atoms with Crippen LogP contribution in [0.1, 0.15) is 17.8 Å². The molecule has 0 saturated carbocycles. The summed E-state index contributed by atoms with van der Waals surface area (Å²) < 4.78 is 53.5. The van der Waals surface area contributed by atoms with Crippen molar-refractivity contribution in [2.75, 3.05) is 6.54 Å². The Bertz CT molecular complexity index is 1020. The smallest absolute Gasteiger partial charge is 0.259 e. The Morgan fingerprint density at radius 2 is 1.85 bits per heavy atom. The molecule has 0 aliphatic heterocycles. The van der Waals surface area contributed by atoms with E-state index in [9.17, 15) is 21.6 Å². The Morgan fingerprint density at radius 3 is 2.44 bits per heavy atom. The van der Waals surface area contributed by atoms with Crippen LogP contribution in [0.2, 0.25) is 0 Å². The number of benzene rings is 1. The fraction of sp³-hybridized carbons (Fsp3) is 0.250. The van der Waals surface area contributed by atoms with Gasteiger partial charge in [-0.2, -0.15) is 0 Å². The molecular formula is C16H20N4O5S2. The summed E-state index contributed by atoms with van der Waals surface area (Å²) in [6.07, 6.45) is 2.35. The zero-order chi connectivity index (χ0) is 20.1. The first kappa shape index (κ1) is 20.8. The molecule has 2 rings (SSSR count). The Morgan fingerprint density at radius 1 is 1.19 bits per heavy atom. The number of nitrogens with one attached hydrogen (secondary N) is 2. The van der Waals surface area contributed by atoms with Crippen molar-refractivity contribution in [3.05, 3.63) is 53.3 Å². The molecule has 1 amide bonds. The average Bonchev–Trinajstić information content (AvgIpc) is 2.93. The lowest BCUT2D eigenvalue weighted by atomic mass is 10.2. The Labute approximate surface area is 158 Å². The summed E-state index contributed by atoms with van der Waals surface area (Å²) in [5.74, 6) is -0.308. The second kappa shape index (κ2) is 8.46. The van der Waals surface area contributed by atoms with Crippen LogP contribution in [0.3, 0.4) is 0 Å². The molecule has 1 aromatic carbocycles. The van der Waals surface area contributed by atoms with Crippen LogP contribution in [-0.4, -0.2) is 38.8 Å². The first-order chi connectivity index (χ1) is 12.6. The number of nitrogens with zero attached hydrogens (tertiary/aromatic N) is 2. The van der Waals surface area contributed by atoms with E-state index < -0.39 is 26.0 Å². The molecule has 0 unspecified atom stereocenters. The highest BCUT2D eigenvalue weighted by Gasteiger charge is 2.19. The third-order valence-corrected chi connectivity index (χ3v) is 5.84. The van der Waals surface area contributed by atoms with Crippen molar-refractivity contribution in [2.45, 2.75) is 18.4 Å². The summed E-state index contributed by atoms with van der Waals surface area (Å²) in [5.41, 5.74) is 0.661. The van der Waals surface area contributed by atoms with Gasteiger partial charge in [-0.1, -0.05) is 30.3 Å². The molecule has 0 aliphatic rings. The number of hydrogen-bond donors (Lipinski definition) is 2. The van der Waals surface area contributed by atoms with Crippen molar-refractivity contribution in [1.29, 1.82) is 0 Å². The number of amides is 1. The van der Waals surface area contributed by atoms with E-state index in [-0.39, 0.29) is 18.0 Å². The van der Waals surface area contributed by atoms with E-state index in [1.165, 1.54) is 12.3 Å². The van der Waals surface area contributed by atoms with Crippen LogP contribution in [0.5, 0.6) is 0 Å². The number of sulfonamides is 2. The van der Waals surface area contributed by atoms with Crippen LogP contribution < -0.4 is 9.44 Å². The van der Waals surface area contributed by atoms with Gasteiger partial charge in [0.05, 0.1) is 5.41 Å². The highest BCUT2D eigenvalue weighted by atomic mass is 32.2. The van der Waals surface area contributed by atoms with E-state index in [0.29, 0.717) is 11.4 Å². The molecule has 1 aromatic heterocycles. The van der Waals surface area contributed by atoms with Gasteiger partial charge < -0.3 is 4.57 Å². The number of aromatic nitrogens is 2. The minimum atomic E-state index is -3.97. The molecule has 0 radical (unpaired) electrons. The zero-order valence-electron chi connectivity index (χ0n) is 14.8. The van der Waals surface area contributed by atoms with Crippen molar-refractivity contribution >= 4 is 32.0 Å². The van der Waals surface area contributed by atoms with Gasteiger partial charge in [-0.25, -0.2) is 31.3 Å². The first-order valence-corrected chi connectivity index (χ1v) is 10.9. The van der Waals surface area contributed by atoms with Crippen LogP contribution in [0.15, 0.2) is 47.0 Å². The lowest BCUT2D eigenvalue weighted by molar-refractivity contribution is -0.119. The van der Waals surface area contributed by atoms with Crippen LogP contribution in [0, 0.1) is 6.92 Å². The Kier molecular flexibility index (Phi) is 6.52. The van der Waals surface area contributed by atoms with Crippen LogP contribution in [0.4, 0.5) is 0 Å². The van der Waals surface area contributed by atoms with Crippen LogP contribution in [0.25, 0.3) is 6.08 Å². The summed E-state index contributed by atoms with van der Waals surface area (Å²) >= 11 is 0. The monoisotopic (exact) mass is 412 g/mol. The maximum absolute atomic E-state index is 12.1. The molecule has 27 heavy (non-hydrogen) atoms. The highest BCUT2D eigenvalue weighted by molar-refractivity contribution is 7.93. The normalized spacial score (nSPS) is 12.4. The van der Waals surface area contributed by atoms with Gasteiger partial charge in [0.15, 0.2) is 5.03 Å². The number of imidazole rings is 1. The predicted octanol–water partition coefficient (Wildman–Crippen LogP) is 0.514. The van der Waals surface area contributed by atoms with Crippen molar-refractivity contribution in [3.63, 3.8) is 0 Å². The number of aryl methyl sites for hydroxylation is 2. The molecule has 0 spiro atoms. The Balaban J connectivity index is 1.87. The first-order valence-electron chi connectivity index (χ1n) is 7.87. The van der Waals surface area contributed by atoms with Crippen LogP contribution in [-0.2, 0) is 31.9 Å². The van der Waals surface area contributed by atoms with Gasteiger partial charge >= 0.3 is 0 Å². The van der Waals surface area contributed by atoms with Gasteiger partial charge in [-0.05, 0) is 18.6 Å². The molecule has 0 fully saturated rings. The second-order valence-corrected chi connectivity index (χ2v) is 8.95. The summed E-state index contributed by atoms with van der Waals surface area (Å²) in [6.45, 7) is 1.39. The zero-order valence-corrected chi connectivity index (χ0v) is 16.4.